The summed E-state index contributed by atoms with van der Waals surface area (Å²) in [6, 6.07) is 11.9. The Morgan fingerprint density at radius 1 is 1.10 bits per heavy atom. The van der Waals surface area contributed by atoms with Gasteiger partial charge in [-0.15, -0.1) is 0 Å². The highest BCUT2D eigenvalue weighted by Gasteiger charge is 2.30. The fraction of sp³-hybridized carbons (Fsp3) is 0.133. The molecule has 1 atom stereocenters. The molecule has 1 unspecified atom stereocenters. The number of hydrogen-bond acceptors (Lipinski definition) is 4. The van der Waals surface area contributed by atoms with Gasteiger partial charge in [0.1, 0.15) is 28.9 Å². The molecule has 104 valence electrons. The molecule has 0 saturated heterocycles. The Balaban J connectivity index is 0.00000147. The maximum atomic E-state index is 12.1. The summed E-state index contributed by atoms with van der Waals surface area (Å²) < 4.78 is 5.71. The number of benzene rings is 2. The Hall–Kier alpha value is -2.53. The van der Waals surface area contributed by atoms with Crippen LogP contribution in [0, 0.1) is 0 Å². The van der Waals surface area contributed by atoms with Gasteiger partial charge in [0.2, 0.25) is 0 Å². The molecule has 0 saturated carbocycles. The lowest BCUT2D eigenvalue weighted by Gasteiger charge is -2.26. The van der Waals surface area contributed by atoms with Crippen molar-refractivity contribution in [1.29, 1.82) is 0 Å². The van der Waals surface area contributed by atoms with E-state index in [9.17, 15) is 15.0 Å². The predicted octanol–water partition coefficient (Wildman–Crippen LogP) is 1.98. The number of carbonyl (C=O) groups is 1. The van der Waals surface area contributed by atoms with Crippen LogP contribution in [0.5, 0.6) is 17.2 Å². The summed E-state index contributed by atoms with van der Waals surface area (Å²) in [6.45, 7) is 0. The minimum absolute atomic E-state index is 0. The molecule has 2 aromatic rings. The van der Waals surface area contributed by atoms with Gasteiger partial charge in [0.25, 0.3) is 0 Å². The molecule has 2 aromatic carbocycles. The minimum Gasteiger partial charge on any atom is -0.508 e. The van der Waals surface area contributed by atoms with Gasteiger partial charge in [-0.3, -0.25) is 4.79 Å². The predicted molar refractivity (Wildman–Crippen MR) is 72.1 cm³/mol. The van der Waals surface area contributed by atoms with Crippen molar-refractivity contribution in [2.75, 3.05) is 0 Å². The Morgan fingerprint density at radius 2 is 1.80 bits per heavy atom. The SMILES string of the molecule is O.O=C1CC(c2ccccc2)Oc2cc(O)cc(O)c21. The summed E-state index contributed by atoms with van der Waals surface area (Å²) in [4.78, 5) is 12.1. The van der Waals surface area contributed by atoms with Crippen molar-refractivity contribution in [1.82, 2.24) is 0 Å². The highest BCUT2D eigenvalue weighted by molar-refractivity contribution is 6.02. The lowest BCUT2D eigenvalue weighted by atomic mass is 9.95. The van der Waals surface area contributed by atoms with E-state index in [2.05, 4.69) is 0 Å². The second-order valence-electron chi connectivity index (χ2n) is 4.48. The molecule has 0 aliphatic carbocycles. The zero-order valence-corrected chi connectivity index (χ0v) is 10.5. The van der Waals surface area contributed by atoms with Crippen molar-refractivity contribution in [3.05, 3.63) is 53.6 Å². The molecule has 0 spiro atoms. The van der Waals surface area contributed by atoms with Crippen LogP contribution in [0.25, 0.3) is 0 Å². The van der Waals surface area contributed by atoms with Gasteiger partial charge in [-0.1, -0.05) is 30.3 Å². The average molecular weight is 274 g/mol. The van der Waals surface area contributed by atoms with Gasteiger partial charge in [-0.05, 0) is 5.56 Å². The quantitative estimate of drug-likeness (QED) is 0.830. The van der Waals surface area contributed by atoms with Gasteiger partial charge < -0.3 is 20.4 Å². The molecule has 5 heteroatoms. The molecule has 0 aromatic heterocycles. The van der Waals surface area contributed by atoms with Crippen molar-refractivity contribution < 1.29 is 25.2 Å². The van der Waals surface area contributed by atoms with Crippen LogP contribution in [-0.4, -0.2) is 21.5 Å². The molecule has 0 amide bonds. The van der Waals surface area contributed by atoms with E-state index in [-0.39, 0.29) is 46.6 Å². The van der Waals surface area contributed by atoms with E-state index in [1.54, 1.807) is 0 Å². The Kier molecular flexibility index (Phi) is 3.63. The molecule has 4 N–H and O–H groups in total. The number of ether oxygens (including phenoxy) is 1. The topological polar surface area (TPSA) is 98.3 Å². The van der Waals surface area contributed by atoms with Crippen LogP contribution in [-0.2, 0) is 0 Å². The fourth-order valence-corrected chi connectivity index (χ4v) is 2.28. The third-order valence-electron chi connectivity index (χ3n) is 3.16. The molecular weight excluding hydrogens is 260 g/mol. The number of Topliss-reactive ketones (excluding diaryl/α,β-unsaturated/α-hetero) is 1. The monoisotopic (exact) mass is 274 g/mol. The first-order valence-electron chi connectivity index (χ1n) is 5.96. The van der Waals surface area contributed by atoms with Crippen LogP contribution < -0.4 is 4.74 Å². The van der Waals surface area contributed by atoms with Gasteiger partial charge in [0.15, 0.2) is 5.78 Å². The number of aromatic hydroxyl groups is 2. The van der Waals surface area contributed by atoms with E-state index < -0.39 is 0 Å². The van der Waals surface area contributed by atoms with Crippen molar-refractivity contribution in [3.8, 4) is 17.2 Å². The molecule has 0 fully saturated rings. The normalized spacial score (nSPS) is 16.8. The Bertz CT molecular complexity index is 636. The number of ketones is 1. The molecule has 1 aliphatic heterocycles. The van der Waals surface area contributed by atoms with E-state index in [0.29, 0.717) is 0 Å². The van der Waals surface area contributed by atoms with Crippen molar-refractivity contribution in [2.45, 2.75) is 12.5 Å². The molecule has 20 heavy (non-hydrogen) atoms. The number of rotatable bonds is 1. The van der Waals surface area contributed by atoms with Crippen molar-refractivity contribution >= 4 is 5.78 Å². The number of carbonyl (C=O) groups excluding carboxylic acids is 1. The first kappa shape index (κ1) is 13.9. The molecule has 5 nitrogen and oxygen atoms in total. The number of fused-ring (bicyclic) bond motifs is 1. The maximum absolute atomic E-state index is 12.1. The third-order valence-corrected chi connectivity index (χ3v) is 3.16. The zero-order valence-electron chi connectivity index (χ0n) is 10.5. The van der Waals surface area contributed by atoms with Crippen LogP contribution >= 0.6 is 0 Å². The van der Waals surface area contributed by atoms with Crippen molar-refractivity contribution in [3.63, 3.8) is 0 Å². The number of phenols is 2. The highest BCUT2D eigenvalue weighted by Crippen LogP contribution is 2.41. The van der Waals surface area contributed by atoms with Crippen molar-refractivity contribution in [2.24, 2.45) is 0 Å². The summed E-state index contributed by atoms with van der Waals surface area (Å²) in [5, 5.41) is 19.2. The van der Waals surface area contributed by atoms with Gasteiger partial charge in [-0.2, -0.15) is 0 Å². The first-order chi connectivity index (χ1) is 9.15. The van der Waals surface area contributed by atoms with Crippen LogP contribution in [0.1, 0.15) is 28.4 Å². The van der Waals surface area contributed by atoms with Gasteiger partial charge in [0, 0.05) is 12.1 Å². The third kappa shape index (κ3) is 2.31. The molecule has 0 radical (unpaired) electrons. The average Bonchev–Trinajstić information content (AvgIpc) is 2.38. The van der Waals surface area contributed by atoms with Crippen LogP contribution in [0.2, 0.25) is 0 Å². The number of phenolic OH excluding ortho intramolecular Hbond substituents is 2. The number of hydrogen-bond donors (Lipinski definition) is 2. The fourth-order valence-electron chi connectivity index (χ4n) is 2.28. The highest BCUT2D eigenvalue weighted by atomic mass is 16.5. The molecule has 3 rings (SSSR count). The lowest BCUT2D eigenvalue weighted by molar-refractivity contribution is 0.0845. The summed E-state index contributed by atoms with van der Waals surface area (Å²) in [5.74, 6) is -0.334. The molecule has 1 heterocycles. The standard InChI is InChI=1S/C15H12O4.H2O/c16-10-6-11(17)15-12(18)8-13(19-14(15)7-10)9-4-2-1-3-5-9;/h1-7,13,16-17H,8H2;1H2. The second-order valence-corrected chi connectivity index (χ2v) is 4.48. The molecule has 0 bridgehead atoms. The Morgan fingerprint density at radius 3 is 2.50 bits per heavy atom. The summed E-state index contributed by atoms with van der Waals surface area (Å²) in [7, 11) is 0. The van der Waals surface area contributed by atoms with Gasteiger partial charge in [0.05, 0.1) is 6.42 Å². The molecular formula is C15H14O5. The summed E-state index contributed by atoms with van der Waals surface area (Å²) in [6.07, 6.45) is -0.211. The summed E-state index contributed by atoms with van der Waals surface area (Å²) in [5.41, 5.74) is 1.04. The van der Waals surface area contributed by atoms with E-state index in [0.717, 1.165) is 11.6 Å². The second kappa shape index (κ2) is 5.22. The minimum atomic E-state index is -0.387. The van der Waals surface area contributed by atoms with E-state index in [1.165, 1.54) is 6.07 Å². The maximum Gasteiger partial charge on any atom is 0.174 e. The van der Waals surface area contributed by atoms with E-state index in [4.69, 9.17) is 4.74 Å². The van der Waals surface area contributed by atoms with Gasteiger partial charge in [-0.25, -0.2) is 0 Å². The largest absolute Gasteiger partial charge is 0.508 e. The molecule has 1 aliphatic rings. The lowest BCUT2D eigenvalue weighted by Crippen LogP contribution is -2.20. The van der Waals surface area contributed by atoms with Gasteiger partial charge >= 0.3 is 0 Å². The first-order valence-corrected chi connectivity index (χ1v) is 5.96. The van der Waals surface area contributed by atoms with E-state index in [1.807, 2.05) is 30.3 Å². The van der Waals surface area contributed by atoms with Crippen LogP contribution in [0.3, 0.4) is 0 Å². The zero-order chi connectivity index (χ0) is 13.4. The van der Waals surface area contributed by atoms with Crippen LogP contribution in [0.4, 0.5) is 0 Å². The Labute approximate surface area is 115 Å². The van der Waals surface area contributed by atoms with Crippen LogP contribution in [0.15, 0.2) is 42.5 Å². The van der Waals surface area contributed by atoms with E-state index >= 15 is 0 Å². The summed E-state index contributed by atoms with van der Waals surface area (Å²) >= 11 is 0. The smallest absolute Gasteiger partial charge is 0.174 e.